The third-order valence-electron chi connectivity index (χ3n) is 11.4. The first-order valence-corrected chi connectivity index (χ1v) is 46.1. The molecule has 610 valence electrons. The predicted molar refractivity (Wildman–Crippen MR) is 399 cm³/mol. The molecule has 55 heteroatoms. The molecule has 0 aromatic heterocycles. The predicted octanol–water partition coefficient (Wildman–Crippen LogP) is 4.11. The molecule has 0 aliphatic heterocycles. The zero-order valence-corrected chi connectivity index (χ0v) is 72.0. The third kappa shape index (κ3) is 43.2. The van der Waals surface area contributed by atoms with Crippen molar-refractivity contribution in [2.75, 3.05) is 115 Å². The lowest BCUT2D eigenvalue weighted by Gasteiger charge is -2.28. The van der Waals surface area contributed by atoms with E-state index in [4.69, 9.17) is 104 Å². The van der Waals surface area contributed by atoms with Crippen LogP contribution in [-0.2, 0) is 107 Å². The van der Waals surface area contributed by atoms with Crippen LogP contribution in [0, 0.1) is 14.3 Å². The fourth-order valence-electron chi connectivity index (χ4n) is 7.58. The van der Waals surface area contributed by atoms with Gasteiger partial charge in [0.1, 0.15) is 39.7 Å². The number of hydrogen-bond acceptors (Lipinski definition) is 36. The number of hydrogen-bond donors (Lipinski definition) is 6. The van der Waals surface area contributed by atoms with Gasteiger partial charge in [-0.2, -0.15) is 50.5 Å². The van der Waals surface area contributed by atoms with E-state index in [1.54, 1.807) is 59.0 Å². The van der Waals surface area contributed by atoms with Gasteiger partial charge in [0.25, 0.3) is 60.7 Å². The van der Waals surface area contributed by atoms with Gasteiger partial charge in [-0.05, 0) is 148 Å². The monoisotopic (exact) mass is 2150 g/mol. The Balaban J connectivity index is 0. The molecule has 0 aliphatic rings. The largest absolute Gasteiger partial charge is 0.492 e. The van der Waals surface area contributed by atoms with Crippen LogP contribution in [0.1, 0.15) is 110 Å². The van der Waals surface area contributed by atoms with Crippen molar-refractivity contribution < 1.29 is 187 Å². The van der Waals surface area contributed by atoms with Crippen molar-refractivity contribution in [2.24, 2.45) is 0 Å². The maximum atomic E-state index is 13.9. The highest BCUT2D eigenvalue weighted by molar-refractivity contribution is 14.1. The van der Waals surface area contributed by atoms with Crippen LogP contribution in [0.15, 0.2) is 0 Å². The smallest absolute Gasteiger partial charge is 0.425 e. The molecule has 0 aliphatic carbocycles. The SMILES string of the molecule is CCCOc1c(I)c(OCCCS(=O)(=O)O)c(C(=O)OC)c(OCCCS(=O)(=O)O)c1-c1c(OCCCS(=O)(=O)O)c(I)c(OCCCS(=O)(=O)O)c(C(=O)OC)c1OCCC.CCCOc1c(I)c(OCCCS(=O)(=O)O)c(I)c(OCCCS(=O)(=O)O)c1C(=O)OC.O=S(=O)=O.O=S(=O)=O.O=S(=O)=O. The van der Waals surface area contributed by atoms with Crippen LogP contribution >= 0.6 is 90.4 Å². The van der Waals surface area contributed by atoms with Gasteiger partial charge in [-0.15, -0.1) is 37.9 Å². The van der Waals surface area contributed by atoms with E-state index in [0.717, 1.165) is 14.2 Å². The van der Waals surface area contributed by atoms with Gasteiger partial charge in [-0.25, -0.2) is 14.4 Å². The number of ether oxygens (including phenoxy) is 12. The number of rotatable bonds is 43. The van der Waals surface area contributed by atoms with E-state index in [1.165, 1.54) is 7.11 Å². The Kier molecular flexibility index (Phi) is 50.0. The molecule has 106 heavy (non-hydrogen) atoms. The van der Waals surface area contributed by atoms with Crippen molar-refractivity contribution in [1.82, 2.24) is 0 Å². The molecule has 0 spiro atoms. The molecular weight excluding hydrogens is 2080 g/mol. The second-order valence-corrected chi connectivity index (χ2v) is 34.6. The Hall–Kier alpha value is -4.49. The van der Waals surface area contributed by atoms with E-state index in [9.17, 15) is 83.1 Å². The summed E-state index contributed by atoms with van der Waals surface area (Å²) in [6.45, 7) is 3.39. The summed E-state index contributed by atoms with van der Waals surface area (Å²) in [7, 11) is -32.3. The zero-order chi connectivity index (χ0) is 82.3. The average Bonchev–Trinajstić information content (AvgIpc) is 0.727. The second-order valence-electron chi connectivity index (χ2n) is 19.7. The first-order chi connectivity index (χ1) is 48.8. The molecule has 0 heterocycles. The Morgan fingerprint density at radius 3 is 0.632 bits per heavy atom. The Morgan fingerprint density at radius 1 is 0.283 bits per heavy atom. The van der Waals surface area contributed by atoms with Crippen LogP contribution in [-0.4, -0.2) is 249 Å². The zero-order valence-electron chi connectivity index (χ0n) is 56.0. The molecule has 0 fully saturated rings. The Morgan fingerprint density at radius 2 is 0.434 bits per heavy atom. The van der Waals surface area contributed by atoms with Crippen LogP contribution in [0.2, 0.25) is 0 Å². The van der Waals surface area contributed by atoms with Crippen molar-refractivity contribution >= 4 is 201 Å². The molecular formula is C51H72I4O42S9. The fourth-order valence-corrected chi connectivity index (χ4v) is 14.4. The lowest BCUT2D eigenvalue weighted by molar-refractivity contribution is 0.0580. The highest BCUT2D eigenvalue weighted by Crippen LogP contribution is 2.58. The molecule has 0 amide bonds. The molecule has 6 N–H and O–H groups in total. The lowest BCUT2D eigenvalue weighted by Crippen LogP contribution is -2.18. The highest BCUT2D eigenvalue weighted by atomic mass is 127. The maximum absolute atomic E-state index is 13.9. The lowest BCUT2D eigenvalue weighted by atomic mass is 9.94. The van der Waals surface area contributed by atoms with Gasteiger partial charge in [0.2, 0.25) is 0 Å². The maximum Gasteiger partial charge on any atom is 0.425 e. The first kappa shape index (κ1) is 104. The van der Waals surface area contributed by atoms with Gasteiger partial charge in [-0.3, -0.25) is 27.3 Å². The molecule has 0 saturated heterocycles. The minimum Gasteiger partial charge on any atom is -0.492 e. The molecule has 3 aromatic rings. The van der Waals surface area contributed by atoms with Gasteiger partial charge in [0.15, 0.2) is 28.7 Å². The van der Waals surface area contributed by atoms with Crippen molar-refractivity contribution in [3.63, 3.8) is 0 Å². The van der Waals surface area contributed by atoms with Gasteiger partial charge in [-0.1, -0.05) is 20.8 Å². The molecule has 0 saturated carbocycles. The number of halogens is 4. The van der Waals surface area contributed by atoms with E-state index in [1.807, 2.05) is 52.1 Å². The fraction of sp³-hybridized carbons (Fsp3) is 0.588. The van der Waals surface area contributed by atoms with Crippen molar-refractivity contribution in [2.45, 2.75) is 78.6 Å². The third-order valence-corrected chi connectivity index (χ3v) is 20.1. The summed E-state index contributed by atoms with van der Waals surface area (Å²) in [5.41, 5.74) is -1.37. The standard InChI is InChI=1S/C34H48I2O22S4.C17H24I2O11S2.3O3S/c1-5-11-53-27-21(30(56-14-8-18-60(42,43)44)26(36)31(23(27)33(37)51-3)57-15-9-19-61(45,46)47)22-28(55-13-7-17-59(39,40)41)24(34(38)52-4)32(25(35)29(22)54-12-6-2)58-16-10-20-62(48,49)50;1-3-6-28-14-11(17(20)27-2)15(29-7-4-9-31(21,22)23)13(19)16(12(14)18)30-8-5-10-32(24,25)26;3*1-4(2)3/h5-20H2,1-4H3,(H,39,40,41)(H,42,43,44)(H,45,46,47)(H,48,49,50);3-10H2,1-2H3,(H,21,22,23)(H,24,25,26);;;. The molecule has 3 rings (SSSR count). The van der Waals surface area contributed by atoms with Crippen LogP contribution in [0.3, 0.4) is 0 Å². The van der Waals surface area contributed by atoms with E-state index >= 15 is 0 Å². The summed E-state index contributed by atoms with van der Waals surface area (Å²) in [6.07, 6.45) is 0.0199. The summed E-state index contributed by atoms with van der Waals surface area (Å²) in [6, 6.07) is 0. The van der Waals surface area contributed by atoms with E-state index in [0.29, 0.717) is 26.4 Å². The second kappa shape index (κ2) is 51.1. The molecule has 42 nitrogen and oxygen atoms in total. The number of carbonyl (C=O) groups is 3. The normalized spacial score (nSPS) is 11.3. The van der Waals surface area contributed by atoms with Crippen LogP contribution < -0.4 is 42.6 Å². The highest BCUT2D eigenvalue weighted by Gasteiger charge is 2.40. The van der Waals surface area contributed by atoms with Gasteiger partial charge in [0.05, 0.1) is 141 Å². The Labute approximate surface area is 668 Å². The quantitative estimate of drug-likeness (QED) is 0.0153. The summed E-state index contributed by atoms with van der Waals surface area (Å²) < 4.78 is 338. The number of benzene rings is 3. The minimum atomic E-state index is -4.53. The molecule has 3 aromatic carbocycles. The number of esters is 3. The van der Waals surface area contributed by atoms with Gasteiger partial charge in [0, 0.05) is 0 Å². The van der Waals surface area contributed by atoms with Crippen molar-refractivity contribution in [3.8, 4) is 62.9 Å². The van der Waals surface area contributed by atoms with Gasteiger partial charge >= 0.3 is 49.7 Å². The van der Waals surface area contributed by atoms with E-state index in [2.05, 4.69) is 0 Å². The molecule has 0 atom stereocenters. The first-order valence-electron chi connectivity index (χ1n) is 29.1. The summed E-state index contributed by atoms with van der Waals surface area (Å²) in [5, 5.41) is 0. The number of carbonyl (C=O) groups excluding carboxylic acids is 3. The molecule has 0 bridgehead atoms. The van der Waals surface area contributed by atoms with E-state index < -0.39 is 188 Å². The van der Waals surface area contributed by atoms with Crippen LogP contribution in [0.4, 0.5) is 0 Å². The number of methoxy groups -OCH3 is 3. The summed E-state index contributed by atoms with van der Waals surface area (Å²) >= 11 is 7.28. The topological polar surface area (TPSA) is 642 Å². The Bertz CT molecular complexity index is 4420. The van der Waals surface area contributed by atoms with E-state index in [-0.39, 0.29) is 141 Å². The molecule has 0 unspecified atom stereocenters. The summed E-state index contributed by atoms with van der Waals surface area (Å²) in [5.74, 6) is -8.36. The minimum absolute atomic E-state index is 0.00751. The van der Waals surface area contributed by atoms with Crippen molar-refractivity contribution in [3.05, 3.63) is 31.0 Å². The van der Waals surface area contributed by atoms with Crippen LogP contribution in [0.5, 0.6) is 51.7 Å². The molecule has 0 radical (unpaired) electrons. The summed E-state index contributed by atoms with van der Waals surface area (Å²) in [4.78, 5) is 40.3. The van der Waals surface area contributed by atoms with Crippen LogP contribution in [0.25, 0.3) is 11.1 Å². The van der Waals surface area contributed by atoms with Crippen molar-refractivity contribution in [1.29, 1.82) is 0 Å². The average molecular weight is 2150 g/mol. The van der Waals surface area contributed by atoms with Gasteiger partial charge < -0.3 is 56.8 Å².